The summed E-state index contributed by atoms with van der Waals surface area (Å²) < 4.78 is 50.4. The molecule has 1 saturated heterocycles. The number of amides is 2. The van der Waals surface area contributed by atoms with E-state index >= 15 is 4.39 Å². The first kappa shape index (κ1) is 28.1. The van der Waals surface area contributed by atoms with Crippen LogP contribution >= 0.6 is 19.3 Å². The Morgan fingerprint density at radius 3 is 2.67 bits per heavy atom. The molecule has 2 aliphatic rings. The second-order valence-electron chi connectivity index (χ2n) is 8.36. The molecule has 1 aromatic carbocycles. The lowest BCUT2D eigenvalue weighted by Gasteiger charge is -2.32. The number of alkyl halides is 2. The van der Waals surface area contributed by atoms with Gasteiger partial charge in [-0.15, -0.1) is 0 Å². The number of hydrogen-bond acceptors (Lipinski definition) is 8. The number of allylic oxidation sites excluding steroid dienone is 1. The first-order chi connectivity index (χ1) is 16.8. The summed E-state index contributed by atoms with van der Waals surface area (Å²) in [5.41, 5.74) is 0.267. The summed E-state index contributed by atoms with van der Waals surface area (Å²) >= 11 is 5.92. The lowest BCUT2D eigenvalue weighted by molar-refractivity contribution is -0.149. The van der Waals surface area contributed by atoms with Crippen LogP contribution in [0.25, 0.3) is 0 Å². The highest BCUT2D eigenvalue weighted by atomic mass is 35.5. The minimum absolute atomic E-state index is 0.149. The summed E-state index contributed by atoms with van der Waals surface area (Å²) in [6, 6.07) is 6.08. The number of aliphatic hydroxyl groups is 1. The van der Waals surface area contributed by atoms with Crippen LogP contribution in [0.3, 0.4) is 0 Å². The number of nitrogens with one attached hydrogen (secondary N) is 2. The number of benzene rings is 1. The maximum absolute atomic E-state index is 15.3. The quantitative estimate of drug-likeness (QED) is 0.229. The van der Waals surface area contributed by atoms with E-state index in [1.165, 1.54) is 31.3 Å². The summed E-state index contributed by atoms with van der Waals surface area (Å²) in [7, 11) is -4.31. The molecule has 14 heteroatoms. The molecule has 198 valence electrons. The van der Waals surface area contributed by atoms with Gasteiger partial charge in [-0.2, -0.15) is 5.09 Å². The number of para-hydroxylation sites is 1. The first-order valence-electron chi connectivity index (χ1n) is 11.0. The molecule has 3 rings (SSSR count). The summed E-state index contributed by atoms with van der Waals surface area (Å²) in [4.78, 5) is 25.3. The van der Waals surface area contributed by atoms with Crippen molar-refractivity contribution in [1.29, 1.82) is 0 Å². The lowest BCUT2D eigenvalue weighted by atomic mass is 10.1. The van der Waals surface area contributed by atoms with Gasteiger partial charge in [0.25, 0.3) is 5.13 Å². The fourth-order valence-electron chi connectivity index (χ4n) is 3.28. The van der Waals surface area contributed by atoms with Crippen molar-refractivity contribution in [2.45, 2.75) is 56.5 Å². The Morgan fingerprint density at radius 1 is 1.39 bits per heavy atom. The molecule has 0 aliphatic carbocycles. The van der Waals surface area contributed by atoms with Crippen molar-refractivity contribution >= 4 is 31.3 Å². The first-order valence-corrected chi connectivity index (χ1v) is 12.9. The molecule has 2 aliphatic heterocycles. The molecule has 1 aromatic rings. The highest BCUT2D eigenvalue weighted by Crippen LogP contribution is 2.47. The largest absolute Gasteiger partial charge is 0.462 e. The number of carbonyl (C=O) groups is 2. The molecule has 0 spiro atoms. The van der Waals surface area contributed by atoms with E-state index in [0.29, 0.717) is 0 Å². The van der Waals surface area contributed by atoms with Gasteiger partial charge in [0.1, 0.15) is 24.0 Å². The van der Waals surface area contributed by atoms with E-state index in [4.69, 9.17) is 30.1 Å². The number of halogens is 2. The Balaban J connectivity index is 1.76. The number of hydrogen-bond donors (Lipinski definition) is 3. The summed E-state index contributed by atoms with van der Waals surface area (Å²) in [5.74, 6) is -0.563. The average Bonchev–Trinajstić information content (AvgIpc) is 3.01. The van der Waals surface area contributed by atoms with Gasteiger partial charge < -0.3 is 24.4 Å². The molecule has 11 nitrogen and oxygen atoms in total. The minimum atomic E-state index is -4.31. The van der Waals surface area contributed by atoms with E-state index in [9.17, 15) is 19.3 Å². The number of nitrogens with zero attached hydrogens (tertiary/aromatic N) is 1. The van der Waals surface area contributed by atoms with E-state index < -0.39 is 62.1 Å². The third-order valence-corrected chi connectivity index (χ3v) is 7.06. The fraction of sp³-hybridized carbons (Fsp3) is 0.455. The van der Waals surface area contributed by atoms with Crippen LogP contribution in [0.15, 0.2) is 54.9 Å². The fourth-order valence-corrected chi connectivity index (χ4v) is 5.08. The molecule has 36 heavy (non-hydrogen) atoms. The molecule has 1 fully saturated rings. The van der Waals surface area contributed by atoms with Crippen molar-refractivity contribution in [3.05, 3.63) is 54.9 Å². The maximum atomic E-state index is 15.3. The van der Waals surface area contributed by atoms with E-state index in [1.54, 1.807) is 32.0 Å². The van der Waals surface area contributed by atoms with Gasteiger partial charge in [-0.05, 0) is 39.0 Å². The van der Waals surface area contributed by atoms with Gasteiger partial charge in [-0.3, -0.25) is 14.2 Å². The Kier molecular flexibility index (Phi) is 8.81. The zero-order chi connectivity index (χ0) is 26.7. The van der Waals surface area contributed by atoms with Crippen LogP contribution in [-0.4, -0.2) is 64.3 Å². The molecule has 0 saturated carbocycles. The normalized spacial score (nSPS) is 28.5. The highest BCUT2D eigenvalue weighted by Gasteiger charge is 2.60. The van der Waals surface area contributed by atoms with Gasteiger partial charge in [-0.25, -0.2) is 13.8 Å². The maximum Gasteiger partial charge on any atom is 0.459 e. The number of ether oxygens (including phenoxy) is 2. The van der Waals surface area contributed by atoms with Gasteiger partial charge in [-0.1, -0.05) is 36.4 Å². The van der Waals surface area contributed by atoms with Crippen LogP contribution < -0.4 is 14.9 Å². The van der Waals surface area contributed by atoms with E-state index in [-0.39, 0.29) is 11.4 Å². The Morgan fingerprint density at radius 2 is 2.06 bits per heavy atom. The number of esters is 1. The second kappa shape index (κ2) is 11.3. The van der Waals surface area contributed by atoms with Gasteiger partial charge in [0, 0.05) is 11.9 Å². The molecular formula is C22H28ClFN3O8P. The predicted molar refractivity (Wildman–Crippen MR) is 127 cm³/mol. The van der Waals surface area contributed by atoms with Crippen LogP contribution in [0.2, 0.25) is 0 Å². The summed E-state index contributed by atoms with van der Waals surface area (Å²) in [6.45, 7) is 7.59. The SMILES string of the molecule is C=C1C=CN([C@@H]2O[C@H](CO[P@@](=O)(N[C@@H](C)C(=O)OC(C)C)Oc3ccccc3)[C@@H](O)[C@]2(F)Cl)C(=O)N1. The Labute approximate surface area is 212 Å². The third-order valence-electron chi connectivity index (χ3n) is 5.01. The molecule has 2 heterocycles. The van der Waals surface area contributed by atoms with Crippen LogP contribution in [0.4, 0.5) is 9.18 Å². The Bertz CT molecular complexity index is 1060. The monoisotopic (exact) mass is 547 g/mol. The molecular weight excluding hydrogens is 520 g/mol. The molecule has 0 aromatic heterocycles. The molecule has 0 bridgehead atoms. The summed E-state index contributed by atoms with van der Waals surface area (Å²) in [5, 5.41) is 12.4. The predicted octanol–water partition coefficient (Wildman–Crippen LogP) is 3.16. The topological polar surface area (TPSA) is 136 Å². The number of urea groups is 1. The van der Waals surface area contributed by atoms with Crippen LogP contribution in [0.5, 0.6) is 5.75 Å². The van der Waals surface area contributed by atoms with E-state index in [1.807, 2.05) is 0 Å². The van der Waals surface area contributed by atoms with Crippen LogP contribution in [0.1, 0.15) is 20.8 Å². The zero-order valence-corrected chi connectivity index (χ0v) is 21.4. The molecule has 6 atom stereocenters. The van der Waals surface area contributed by atoms with Crippen LogP contribution in [-0.2, 0) is 23.4 Å². The molecule has 3 N–H and O–H groups in total. The minimum Gasteiger partial charge on any atom is -0.462 e. The zero-order valence-electron chi connectivity index (χ0n) is 19.8. The number of carbonyl (C=O) groups excluding carboxylic acids is 2. The smallest absolute Gasteiger partial charge is 0.459 e. The van der Waals surface area contributed by atoms with Crippen molar-refractivity contribution in [2.75, 3.05) is 6.61 Å². The number of rotatable bonds is 10. The van der Waals surface area contributed by atoms with Crippen molar-refractivity contribution < 1.29 is 42.2 Å². The molecule has 2 amide bonds. The van der Waals surface area contributed by atoms with Gasteiger partial charge >= 0.3 is 19.7 Å². The Hall–Kier alpha value is -2.47. The molecule has 0 unspecified atom stereocenters. The van der Waals surface area contributed by atoms with Crippen molar-refractivity contribution in [3.8, 4) is 5.75 Å². The highest BCUT2D eigenvalue weighted by molar-refractivity contribution is 7.52. The summed E-state index contributed by atoms with van der Waals surface area (Å²) in [6.07, 6.45) is -3.02. The second-order valence-corrected chi connectivity index (χ2v) is 10.6. The lowest BCUT2D eigenvalue weighted by Crippen LogP contribution is -2.52. The third kappa shape index (κ3) is 6.64. The van der Waals surface area contributed by atoms with E-state index in [0.717, 1.165) is 4.90 Å². The van der Waals surface area contributed by atoms with Gasteiger partial charge in [0.2, 0.25) is 0 Å². The van der Waals surface area contributed by atoms with Gasteiger partial charge in [0.15, 0.2) is 6.23 Å². The van der Waals surface area contributed by atoms with E-state index in [2.05, 4.69) is 17.0 Å². The number of aliphatic hydroxyl groups excluding tert-OH is 1. The molecule has 0 radical (unpaired) electrons. The van der Waals surface area contributed by atoms with Gasteiger partial charge in [0.05, 0.1) is 12.7 Å². The van der Waals surface area contributed by atoms with Crippen molar-refractivity contribution in [3.63, 3.8) is 0 Å². The van der Waals surface area contributed by atoms with Crippen molar-refractivity contribution in [2.24, 2.45) is 0 Å². The average molecular weight is 548 g/mol. The van der Waals surface area contributed by atoms with Crippen LogP contribution in [0, 0.1) is 0 Å². The van der Waals surface area contributed by atoms with Crippen molar-refractivity contribution in [1.82, 2.24) is 15.3 Å². The standard InChI is InChI=1S/C22H28ClFN3O8P/c1-13(2)33-19(29)15(4)26-36(31,35-16-8-6-5-7-9-16)32-12-17-18(28)22(23,24)20(34-17)27-11-10-14(3)25-21(27)30/h5-11,13,15,17-18,20,28H,3,12H2,1-2,4H3,(H,25,30)(H,26,31)/t15-,17+,18+,20+,22+,36-/m0/s1.